The lowest BCUT2D eigenvalue weighted by molar-refractivity contribution is -0.138. The van der Waals surface area contributed by atoms with Gasteiger partial charge in [0, 0.05) is 25.0 Å². The molecule has 32 heavy (non-hydrogen) atoms. The summed E-state index contributed by atoms with van der Waals surface area (Å²) in [7, 11) is 0. The van der Waals surface area contributed by atoms with E-state index in [1.165, 1.54) is 23.6 Å². The number of hydrogen-bond acceptors (Lipinski definition) is 7. The fraction of sp³-hybridized carbons (Fsp3) is 0.476. The van der Waals surface area contributed by atoms with Crippen LogP contribution in [0.25, 0.3) is 0 Å². The lowest BCUT2D eigenvalue weighted by Crippen LogP contribution is -2.58. The number of esters is 1. The first kappa shape index (κ1) is 23.6. The Morgan fingerprint density at radius 1 is 1.25 bits per heavy atom. The second-order valence-corrected chi connectivity index (χ2v) is 8.70. The van der Waals surface area contributed by atoms with Crippen LogP contribution in [0.5, 0.6) is 0 Å². The van der Waals surface area contributed by atoms with E-state index in [-0.39, 0.29) is 11.7 Å². The van der Waals surface area contributed by atoms with Gasteiger partial charge in [0.15, 0.2) is 0 Å². The molecule has 4 N–H and O–H groups in total. The molecule has 0 bridgehead atoms. The minimum Gasteiger partial charge on any atom is -0.459 e. The Bertz CT molecular complexity index is 923. The lowest BCUT2D eigenvalue weighted by Gasteiger charge is -2.26. The number of fused-ring (bicyclic) bond motifs is 1. The minimum atomic E-state index is -1.25. The van der Waals surface area contributed by atoms with E-state index in [2.05, 4.69) is 10.6 Å². The number of carbonyl (C=O) groups excluding carboxylic acids is 5. The fourth-order valence-corrected chi connectivity index (χ4v) is 4.78. The average Bonchev–Trinajstić information content (AvgIpc) is 3.25. The third-order valence-electron chi connectivity index (χ3n) is 5.41. The number of nitrogens with one attached hydrogen (secondary N) is 2. The van der Waals surface area contributed by atoms with Crippen molar-refractivity contribution in [2.45, 2.75) is 43.6 Å². The normalized spacial score (nSPS) is 24.3. The van der Waals surface area contributed by atoms with E-state index in [1.807, 2.05) is 0 Å². The van der Waals surface area contributed by atoms with Crippen LogP contribution >= 0.6 is 11.8 Å². The largest absolute Gasteiger partial charge is 0.459 e. The molecule has 0 radical (unpaired) electrons. The lowest BCUT2D eigenvalue weighted by atomic mass is 10.1. The van der Waals surface area contributed by atoms with Gasteiger partial charge in [0.05, 0.1) is 5.56 Å². The number of rotatable bonds is 3. The highest BCUT2D eigenvalue weighted by Gasteiger charge is 2.35. The highest BCUT2D eigenvalue weighted by atomic mass is 32.2. The highest BCUT2D eigenvalue weighted by molar-refractivity contribution is 7.98. The maximum Gasteiger partial charge on any atom is 0.338 e. The van der Waals surface area contributed by atoms with Crippen molar-refractivity contribution in [3.63, 3.8) is 0 Å². The van der Waals surface area contributed by atoms with E-state index >= 15 is 0 Å². The molecule has 1 aromatic carbocycles. The van der Waals surface area contributed by atoms with E-state index in [1.54, 1.807) is 24.3 Å². The van der Waals surface area contributed by atoms with Crippen molar-refractivity contribution in [3.05, 3.63) is 35.4 Å². The molecule has 2 aliphatic rings. The summed E-state index contributed by atoms with van der Waals surface area (Å²) in [6.45, 7) is 1.40. The predicted molar refractivity (Wildman–Crippen MR) is 116 cm³/mol. The molecule has 1 aromatic rings. The van der Waals surface area contributed by atoms with Crippen LogP contribution in [-0.2, 0) is 29.7 Å². The van der Waals surface area contributed by atoms with Gasteiger partial charge < -0.3 is 26.0 Å². The van der Waals surface area contributed by atoms with Crippen molar-refractivity contribution in [1.29, 1.82) is 0 Å². The van der Waals surface area contributed by atoms with E-state index in [9.17, 15) is 24.0 Å². The van der Waals surface area contributed by atoms with Gasteiger partial charge in [-0.2, -0.15) is 11.8 Å². The van der Waals surface area contributed by atoms with Gasteiger partial charge in [0.1, 0.15) is 24.7 Å². The number of thioether (sulfide) groups is 1. The summed E-state index contributed by atoms with van der Waals surface area (Å²) >= 11 is 1.34. The molecule has 0 unspecified atom stereocenters. The van der Waals surface area contributed by atoms with E-state index in [0.717, 1.165) is 5.56 Å². The van der Waals surface area contributed by atoms with Gasteiger partial charge >= 0.3 is 5.97 Å². The number of amides is 4. The maximum absolute atomic E-state index is 12.8. The van der Waals surface area contributed by atoms with E-state index in [0.29, 0.717) is 30.7 Å². The Labute approximate surface area is 189 Å². The number of benzene rings is 1. The molecule has 3 atom stereocenters. The number of likely N-dealkylation sites (tertiary alicyclic amines) is 1. The molecular weight excluding hydrogens is 436 g/mol. The molecule has 0 spiro atoms. The molecule has 10 nitrogen and oxygen atoms in total. The number of carbonyl (C=O) groups is 5. The number of ether oxygens (including phenoxy) is 1. The minimum absolute atomic E-state index is 0.200. The number of primary amides is 1. The molecular formula is C21H26N4O6S. The maximum atomic E-state index is 12.8. The first-order chi connectivity index (χ1) is 15.3. The third-order valence-corrected chi connectivity index (χ3v) is 6.50. The highest BCUT2D eigenvalue weighted by Crippen LogP contribution is 2.20. The van der Waals surface area contributed by atoms with Crippen molar-refractivity contribution >= 4 is 41.4 Å². The molecule has 1 saturated heterocycles. The topological polar surface area (TPSA) is 148 Å². The number of nitrogens with two attached hydrogens (primary N) is 1. The summed E-state index contributed by atoms with van der Waals surface area (Å²) in [6.07, 6.45) is 1.13. The molecule has 2 aliphatic heterocycles. The van der Waals surface area contributed by atoms with Crippen molar-refractivity contribution in [1.82, 2.24) is 15.5 Å². The molecule has 4 amide bonds. The number of hydrogen-bond donors (Lipinski definition) is 3. The van der Waals surface area contributed by atoms with Gasteiger partial charge in [-0.3, -0.25) is 19.2 Å². The summed E-state index contributed by atoms with van der Waals surface area (Å²) in [4.78, 5) is 63.4. The second-order valence-electron chi connectivity index (χ2n) is 7.67. The second kappa shape index (κ2) is 10.5. The number of nitrogens with zero attached hydrogens (tertiary/aromatic N) is 1. The summed E-state index contributed by atoms with van der Waals surface area (Å²) in [6, 6.07) is 3.96. The van der Waals surface area contributed by atoms with Crippen LogP contribution in [0, 0.1) is 0 Å². The van der Waals surface area contributed by atoms with Crippen LogP contribution < -0.4 is 16.4 Å². The summed E-state index contributed by atoms with van der Waals surface area (Å²) < 4.78 is 5.34. The van der Waals surface area contributed by atoms with E-state index in [4.69, 9.17) is 10.5 Å². The smallest absolute Gasteiger partial charge is 0.338 e. The van der Waals surface area contributed by atoms with Crippen molar-refractivity contribution < 1.29 is 28.7 Å². The SMILES string of the molecule is CC(=O)N1CCC[C@H]1C(=O)N[C@@H]1COC(=O)c2ccccc2CSC[C@H](C(N)=O)NC1=O. The molecule has 3 rings (SSSR count). The van der Waals surface area contributed by atoms with Gasteiger partial charge in [-0.15, -0.1) is 0 Å². The summed E-state index contributed by atoms with van der Waals surface area (Å²) in [5, 5.41) is 5.10. The Balaban J connectivity index is 1.82. The predicted octanol–water partition coefficient (Wildman–Crippen LogP) is -0.444. The summed E-state index contributed by atoms with van der Waals surface area (Å²) in [5.74, 6) is -2.16. The zero-order valence-electron chi connectivity index (χ0n) is 17.7. The quantitative estimate of drug-likeness (QED) is 0.516. The molecule has 0 aromatic heterocycles. The average molecular weight is 463 g/mol. The Kier molecular flexibility index (Phi) is 7.73. The van der Waals surface area contributed by atoms with Crippen LogP contribution in [0.2, 0.25) is 0 Å². The molecule has 0 aliphatic carbocycles. The van der Waals surface area contributed by atoms with Gasteiger partial charge in [0.25, 0.3) is 0 Å². The van der Waals surface area contributed by atoms with Gasteiger partial charge in [0.2, 0.25) is 23.6 Å². The fourth-order valence-electron chi connectivity index (χ4n) is 3.70. The molecule has 1 fully saturated rings. The van der Waals surface area contributed by atoms with Crippen LogP contribution in [-0.4, -0.2) is 71.5 Å². The standard InChI is InChI=1S/C21H26N4O6S/c1-12(26)25-8-4-7-17(25)20(29)23-15-9-31-21(30)14-6-3-2-5-13(14)10-32-11-16(18(22)27)24-19(15)28/h2-3,5-6,15-17H,4,7-11H2,1H3,(H2,22,27)(H,23,29)(H,24,28)/t15-,16-,17+/m1/s1. The van der Waals surface area contributed by atoms with Crippen LogP contribution in [0.1, 0.15) is 35.7 Å². The first-order valence-corrected chi connectivity index (χ1v) is 11.4. The summed E-state index contributed by atoms with van der Waals surface area (Å²) in [5.41, 5.74) is 6.51. The van der Waals surface area contributed by atoms with Gasteiger partial charge in [-0.25, -0.2) is 4.79 Å². The van der Waals surface area contributed by atoms with Crippen LogP contribution in [0.3, 0.4) is 0 Å². The third kappa shape index (κ3) is 5.58. The number of cyclic esters (lactones) is 1. The van der Waals surface area contributed by atoms with E-state index < -0.39 is 48.4 Å². The zero-order chi connectivity index (χ0) is 23.3. The van der Waals surface area contributed by atoms with Crippen molar-refractivity contribution in [3.8, 4) is 0 Å². The van der Waals surface area contributed by atoms with Crippen molar-refractivity contribution in [2.75, 3.05) is 18.9 Å². The molecule has 11 heteroatoms. The molecule has 172 valence electrons. The Morgan fingerprint density at radius 2 is 2.00 bits per heavy atom. The molecule has 2 heterocycles. The van der Waals surface area contributed by atoms with Gasteiger partial charge in [-0.1, -0.05) is 18.2 Å². The van der Waals surface area contributed by atoms with Gasteiger partial charge in [-0.05, 0) is 24.5 Å². The van der Waals surface area contributed by atoms with Crippen molar-refractivity contribution in [2.24, 2.45) is 5.73 Å². The van der Waals surface area contributed by atoms with Crippen LogP contribution in [0.15, 0.2) is 24.3 Å². The molecule has 0 saturated carbocycles. The Hall–Kier alpha value is -3.08. The Morgan fingerprint density at radius 3 is 2.72 bits per heavy atom. The monoisotopic (exact) mass is 462 g/mol. The van der Waals surface area contributed by atoms with Crippen LogP contribution in [0.4, 0.5) is 0 Å². The zero-order valence-corrected chi connectivity index (χ0v) is 18.5. The first-order valence-electron chi connectivity index (χ1n) is 10.3.